The minimum Gasteiger partial charge on any atom is -0.380 e. The molecule has 0 unspecified atom stereocenters. The molecular weight excluding hydrogens is 222 g/mol. The second-order valence-electron chi connectivity index (χ2n) is 2.71. The number of ether oxygens (including phenoxy) is 1. The van der Waals surface area contributed by atoms with Crippen molar-refractivity contribution >= 4 is 28.1 Å². The Bertz CT molecular complexity index is 256. The number of rotatable bonds is 7. The minimum atomic E-state index is 0.559. The Morgan fingerprint density at radius 2 is 2.29 bits per heavy atom. The first kappa shape index (κ1) is 11.7. The maximum absolute atomic E-state index is 5.46. The van der Waals surface area contributed by atoms with E-state index in [4.69, 9.17) is 16.3 Å². The van der Waals surface area contributed by atoms with Crippen molar-refractivity contribution in [3.05, 3.63) is 5.01 Å². The van der Waals surface area contributed by atoms with Crippen molar-refractivity contribution in [2.24, 2.45) is 0 Å². The van der Waals surface area contributed by atoms with Gasteiger partial charge in [-0.25, -0.2) is 0 Å². The maximum Gasteiger partial charge on any atom is 0.205 e. The molecule has 0 radical (unpaired) electrons. The number of hydrogen-bond acceptors (Lipinski definition) is 5. The minimum absolute atomic E-state index is 0.559. The molecule has 0 bridgehead atoms. The van der Waals surface area contributed by atoms with Crippen LogP contribution in [0.3, 0.4) is 0 Å². The van der Waals surface area contributed by atoms with Crippen LogP contribution < -0.4 is 5.32 Å². The molecule has 0 aromatic carbocycles. The van der Waals surface area contributed by atoms with Gasteiger partial charge in [-0.1, -0.05) is 11.3 Å². The normalized spacial score (nSPS) is 10.4. The molecule has 0 spiro atoms. The third kappa shape index (κ3) is 4.74. The average molecular weight is 236 g/mol. The zero-order valence-corrected chi connectivity index (χ0v) is 9.70. The van der Waals surface area contributed by atoms with Gasteiger partial charge in [0.15, 0.2) is 0 Å². The highest BCUT2D eigenvalue weighted by atomic mass is 35.5. The average Bonchev–Trinajstić information content (AvgIpc) is 2.58. The molecule has 1 aromatic heterocycles. The van der Waals surface area contributed by atoms with Gasteiger partial charge in [0.05, 0.1) is 6.61 Å². The number of halogens is 1. The summed E-state index contributed by atoms with van der Waals surface area (Å²) >= 11 is 7.02. The Balaban J connectivity index is 1.99. The first-order chi connectivity index (χ1) is 6.83. The first-order valence-electron chi connectivity index (χ1n) is 4.50. The van der Waals surface area contributed by atoms with Crippen LogP contribution in [0.25, 0.3) is 0 Å². The number of anilines is 1. The second kappa shape index (κ2) is 6.98. The summed E-state index contributed by atoms with van der Waals surface area (Å²) in [6, 6.07) is 0. The number of nitrogens with one attached hydrogen (secondary N) is 1. The molecule has 1 aromatic rings. The highest BCUT2D eigenvalue weighted by molar-refractivity contribution is 7.15. The van der Waals surface area contributed by atoms with E-state index in [0.29, 0.717) is 12.5 Å². The molecule has 0 atom stereocenters. The fourth-order valence-corrected chi connectivity index (χ4v) is 1.62. The van der Waals surface area contributed by atoms with Crippen LogP contribution in [-0.2, 0) is 4.74 Å². The highest BCUT2D eigenvalue weighted by Crippen LogP contribution is 2.12. The number of aryl methyl sites for hydroxylation is 1. The van der Waals surface area contributed by atoms with E-state index in [1.807, 2.05) is 6.92 Å². The van der Waals surface area contributed by atoms with Crippen LogP contribution in [0.15, 0.2) is 0 Å². The van der Waals surface area contributed by atoms with Gasteiger partial charge in [-0.3, -0.25) is 0 Å². The summed E-state index contributed by atoms with van der Waals surface area (Å²) in [6.07, 6.45) is 0.954. The van der Waals surface area contributed by atoms with E-state index < -0.39 is 0 Å². The molecule has 0 fully saturated rings. The monoisotopic (exact) mass is 235 g/mol. The lowest BCUT2D eigenvalue weighted by molar-refractivity contribution is 0.149. The van der Waals surface area contributed by atoms with Gasteiger partial charge in [0.25, 0.3) is 0 Å². The lowest BCUT2D eigenvalue weighted by Crippen LogP contribution is -2.06. The lowest BCUT2D eigenvalue weighted by atomic mass is 10.4. The summed E-state index contributed by atoms with van der Waals surface area (Å²) in [5, 5.41) is 12.9. The van der Waals surface area contributed by atoms with Crippen LogP contribution in [0.1, 0.15) is 11.4 Å². The van der Waals surface area contributed by atoms with Crippen LogP contribution in [-0.4, -0.2) is 35.8 Å². The topological polar surface area (TPSA) is 47.0 Å². The number of hydrogen-bond donors (Lipinski definition) is 1. The zero-order chi connectivity index (χ0) is 10.2. The predicted octanol–water partition coefficient (Wildman–Crippen LogP) is 1.90. The second-order valence-corrected chi connectivity index (χ2v) is 4.27. The first-order valence-corrected chi connectivity index (χ1v) is 5.85. The van der Waals surface area contributed by atoms with E-state index in [-0.39, 0.29) is 0 Å². The molecule has 0 aliphatic rings. The van der Waals surface area contributed by atoms with Crippen molar-refractivity contribution in [3.8, 4) is 0 Å². The van der Waals surface area contributed by atoms with Crippen LogP contribution in [0, 0.1) is 6.92 Å². The van der Waals surface area contributed by atoms with Gasteiger partial charge in [-0.2, -0.15) is 0 Å². The Morgan fingerprint density at radius 1 is 1.43 bits per heavy atom. The van der Waals surface area contributed by atoms with Crippen LogP contribution in [0.5, 0.6) is 0 Å². The smallest absolute Gasteiger partial charge is 0.205 e. The van der Waals surface area contributed by atoms with Gasteiger partial charge >= 0.3 is 0 Å². The van der Waals surface area contributed by atoms with Crippen LogP contribution in [0.4, 0.5) is 5.13 Å². The SMILES string of the molecule is Cc1nnc(NCCCOCCCl)s1. The van der Waals surface area contributed by atoms with Crippen molar-refractivity contribution in [2.45, 2.75) is 13.3 Å². The van der Waals surface area contributed by atoms with Gasteiger partial charge in [0, 0.05) is 19.0 Å². The summed E-state index contributed by atoms with van der Waals surface area (Å²) in [5.41, 5.74) is 0. The van der Waals surface area contributed by atoms with E-state index in [1.54, 1.807) is 11.3 Å². The van der Waals surface area contributed by atoms with Crippen molar-refractivity contribution in [3.63, 3.8) is 0 Å². The molecule has 0 amide bonds. The molecule has 1 N–H and O–H groups in total. The molecule has 0 saturated carbocycles. The van der Waals surface area contributed by atoms with Gasteiger partial charge in [-0.15, -0.1) is 21.8 Å². The fourth-order valence-electron chi connectivity index (χ4n) is 0.894. The number of alkyl halides is 1. The summed E-state index contributed by atoms with van der Waals surface area (Å²) in [4.78, 5) is 0. The molecule has 1 rings (SSSR count). The Morgan fingerprint density at radius 3 is 2.93 bits per heavy atom. The summed E-state index contributed by atoms with van der Waals surface area (Å²) in [6.45, 7) is 4.15. The van der Waals surface area contributed by atoms with Crippen LogP contribution in [0.2, 0.25) is 0 Å². The van der Waals surface area contributed by atoms with Crippen molar-refractivity contribution in [2.75, 3.05) is 31.0 Å². The molecule has 6 heteroatoms. The maximum atomic E-state index is 5.46. The largest absolute Gasteiger partial charge is 0.380 e. The summed E-state index contributed by atoms with van der Waals surface area (Å²) < 4.78 is 5.22. The van der Waals surface area contributed by atoms with Gasteiger partial charge in [0.2, 0.25) is 5.13 Å². The lowest BCUT2D eigenvalue weighted by Gasteiger charge is -2.02. The van der Waals surface area contributed by atoms with Gasteiger partial charge in [-0.05, 0) is 13.3 Å². The van der Waals surface area contributed by atoms with E-state index in [1.165, 1.54) is 0 Å². The highest BCUT2D eigenvalue weighted by Gasteiger charge is 1.97. The fraction of sp³-hybridized carbons (Fsp3) is 0.750. The van der Waals surface area contributed by atoms with E-state index >= 15 is 0 Å². The Hall–Kier alpha value is -0.390. The van der Waals surface area contributed by atoms with Crippen LogP contribution >= 0.6 is 22.9 Å². The molecule has 80 valence electrons. The Kier molecular flexibility index (Phi) is 5.82. The van der Waals surface area contributed by atoms with Crippen molar-refractivity contribution < 1.29 is 4.74 Å². The number of aromatic nitrogens is 2. The van der Waals surface area contributed by atoms with E-state index in [2.05, 4.69) is 15.5 Å². The van der Waals surface area contributed by atoms with Crippen molar-refractivity contribution in [1.82, 2.24) is 10.2 Å². The molecule has 1 heterocycles. The molecule has 4 nitrogen and oxygen atoms in total. The zero-order valence-electron chi connectivity index (χ0n) is 8.12. The third-order valence-electron chi connectivity index (χ3n) is 1.49. The van der Waals surface area contributed by atoms with E-state index in [9.17, 15) is 0 Å². The van der Waals surface area contributed by atoms with Crippen molar-refractivity contribution in [1.29, 1.82) is 0 Å². The standard InChI is InChI=1S/C8H14ClN3OS/c1-7-11-12-8(14-7)10-4-2-5-13-6-3-9/h2-6H2,1H3,(H,10,12). The molecule has 0 aliphatic carbocycles. The van der Waals surface area contributed by atoms with E-state index in [0.717, 1.165) is 29.7 Å². The quantitative estimate of drug-likeness (QED) is 0.579. The summed E-state index contributed by atoms with van der Waals surface area (Å²) in [7, 11) is 0. The molecular formula is C8H14ClN3OS. The number of nitrogens with zero attached hydrogens (tertiary/aromatic N) is 2. The molecule has 0 aliphatic heterocycles. The van der Waals surface area contributed by atoms with Gasteiger partial charge in [0.1, 0.15) is 5.01 Å². The summed E-state index contributed by atoms with van der Waals surface area (Å²) in [5.74, 6) is 0.559. The Labute approximate surface area is 92.6 Å². The molecule has 14 heavy (non-hydrogen) atoms. The third-order valence-corrected chi connectivity index (χ3v) is 2.44. The molecule has 0 saturated heterocycles. The predicted molar refractivity (Wildman–Crippen MR) is 59.3 cm³/mol. The van der Waals surface area contributed by atoms with Gasteiger partial charge < -0.3 is 10.1 Å².